The molecule has 0 aromatic carbocycles. The van der Waals surface area contributed by atoms with E-state index in [1.54, 1.807) is 0 Å². The van der Waals surface area contributed by atoms with Crippen molar-refractivity contribution in [3.8, 4) is 0 Å². The molecule has 1 aliphatic heterocycles. The second-order valence-corrected chi connectivity index (χ2v) is 6.22. The van der Waals surface area contributed by atoms with E-state index in [0.717, 1.165) is 19.4 Å². The Labute approximate surface area is 109 Å². The van der Waals surface area contributed by atoms with E-state index in [1.165, 1.54) is 0 Å². The minimum atomic E-state index is -4.23. The molecular weight excluding hydrogens is 265 g/mol. The summed E-state index contributed by atoms with van der Waals surface area (Å²) in [7, 11) is 0. The van der Waals surface area contributed by atoms with E-state index in [0.29, 0.717) is 0 Å². The van der Waals surface area contributed by atoms with Gasteiger partial charge in [-0.2, -0.15) is 13.2 Å². The van der Waals surface area contributed by atoms with Gasteiger partial charge in [-0.25, -0.2) is 0 Å². The summed E-state index contributed by atoms with van der Waals surface area (Å²) in [6, 6.07) is -0.317. The van der Waals surface area contributed by atoms with Gasteiger partial charge in [0.25, 0.3) is 0 Å². The lowest BCUT2D eigenvalue weighted by molar-refractivity contribution is -0.126. The average Bonchev–Trinajstić information content (AvgIpc) is 2.22. The van der Waals surface area contributed by atoms with Crippen molar-refractivity contribution in [1.29, 1.82) is 0 Å². The van der Waals surface area contributed by atoms with Crippen LogP contribution in [-0.2, 0) is 4.79 Å². The highest BCUT2D eigenvalue weighted by atomic mass is 32.2. The molecular formula is C11H19F3N2OS. The maximum Gasteiger partial charge on any atom is 0.441 e. The Hall–Kier alpha value is -0.430. The smallest absolute Gasteiger partial charge is 0.354 e. The summed E-state index contributed by atoms with van der Waals surface area (Å²) in [6.45, 7) is 4.80. The van der Waals surface area contributed by atoms with Gasteiger partial charge in [0, 0.05) is 12.3 Å². The molecule has 7 heteroatoms. The van der Waals surface area contributed by atoms with Crippen molar-refractivity contribution in [3.63, 3.8) is 0 Å². The number of hydrogen-bond donors (Lipinski definition) is 2. The number of halogens is 3. The van der Waals surface area contributed by atoms with E-state index < -0.39 is 5.51 Å². The summed E-state index contributed by atoms with van der Waals surface area (Å²) in [6.07, 6.45) is 1.95. The maximum atomic E-state index is 11.9. The molecule has 1 amide bonds. The first kappa shape index (κ1) is 15.6. The lowest BCUT2D eigenvalue weighted by Gasteiger charge is -2.38. The number of alkyl halides is 3. The van der Waals surface area contributed by atoms with Crippen molar-refractivity contribution >= 4 is 17.7 Å². The fraction of sp³-hybridized carbons (Fsp3) is 0.909. The van der Waals surface area contributed by atoms with Gasteiger partial charge >= 0.3 is 5.51 Å². The van der Waals surface area contributed by atoms with Crippen LogP contribution in [0.4, 0.5) is 13.2 Å². The molecule has 1 rings (SSSR count). The van der Waals surface area contributed by atoms with Crippen LogP contribution in [0.25, 0.3) is 0 Å². The molecule has 0 aromatic heterocycles. The predicted octanol–water partition coefficient (Wildman–Crippen LogP) is 2.13. The second-order valence-electron chi connectivity index (χ2n) is 5.06. The quantitative estimate of drug-likeness (QED) is 0.777. The van der Waals surface area contributed by atoms with E-state index in [-0.39, 0.29) is 41.4 Å². The van der Waals surface area contributed by atoms with Crippen LogP contribution in [0, 0.1) is 5.41 Å². The molecule has 0 spiro atoms. The van der Waals surface area contributed by atoms with Crippen molar-refractivity contribution < 1.29 is 18.0 Å². The SMILES string of the molecule is CC1(C)CCCNC1C(=O)NCCSC(F)(F)F. The molecule has 1 fully saturated rings. The number of rotatable bonds is 4. The van der Waals surface area contributed by atoms with E-state index in [4.69, 9.17) is 0 Å². The summed E-state index contributed by atoms with van der Waals surface area (Å²) >= 11 is -0.113. The molecule has 0 aliphatic carbocycles. The van der Waals surface area contributed by atoms with Crippen molar-refractivity contribution in [1.82, 2.24) is 10.6 Å². The van der Waals surface area contributed by atoms with Gasteiger partial charge in [0.05, 0.1) is 6.04 Å². The van der Waals surface area contributed by atoms with Crippen LogP contribution in [0.15, 0.2) is 0 Å². The van der Waals surface area contributed by atoms with Crippen molar-refractivity contribution in [2.24, 2.45) is 5.41 Å². The van der Waals surface area contributed by atoms with Crippen LogP contribution in [-0.4, -0.2) is 36.3 Å². The first-order valence-corrected chi connectivity index (χ1v) is 6.93. The number of amides is 1. The molecule has 3 nitrogen and oxygen atoms in total. The molecule has 0 saturated carbocycles. The number of carbonyl (C=O) groups excluding carboxylic acids is 1. The zero-order valence-electron chi connectivity index (χ0n) is 10.6. The highest BCUT2D eigenvalue weighted by Gasteiger charge is 2.37. The average molecular weight is 284 g/mol. The molecule has 1 heterocycles. The monoisotopic (exact) mass is 284 g/mol. The zero-order chi connectivity index (χ0) is 13.8. The van der Waals surface area contributed by atoms with Gasteiger partial charge in [0.1, 0.15) is 0 Å². The Bertz CT molecular complexity index is 295. The molecule has 0 bridgehead atoms. The fourth-order valence-electron chi connectivity index (χ4n) is 2.10. The van der Waals surface area contributed by atoms with E-state index in [2.05, 4.69) is 10.6 Å². The topological polar surface area (TPSA) is 41.1 Å². The number of carbonyl (C=O) groups is 1. The van der Waals surface area contributed by atoms with Crippen LogP contribution in [0.1, 0.15) is 26.7 Å². The van der Waals surface area contributed by atoms with Crippen molar-refractivity contribution in [2.75, 3.05) is 18.8 Å². The summed E-state index contributed by atoms with van der Waals surface area (Å²) in [4.78, 5) is 11.9. The van der Waals surface area contributed by atoms with E-state index in [9.17, 15) is 18.0 Å². The molecule has 1 unspecified atom stereocenters. The fourth-order valence-corrected chi connectivity index (χ4v) is 2.54. The van der Waals surface area contributed by atoms with Crippen LogP contribution < -0.4 is 10.6 Å². The summed E-state index contributed by atoms with van der Waals surface area (Å²) < 4.78 is 35.7. The number of nitrogens with one attached hydrogen (secondary N) is 2. The summed E-state index contributed by atoms with van der Waals surface area (Å²) in [5, 5.41) is 5.68. The molecule has 1 atom stereocenters. The maximum absolute atomic E-state index is 11.9. The molecule has 0 aromatic rings. The highest BCUT2D eigenvalue weighted by Crippen LogP contribution is 2.31. The predicted molar refractivity (Wildman–Crippen MR) is 66.3 cm³/mol. The van der Waals surface area contributed by atoms with Crippen LogP contribution in [0.5, 0.6) is 0 Å². The molecule has 1 aliphatic rings. The van der Waals surface area contributed by atoms with Crippen molar-refractivity contribution in [3.05, 3.63) is 0 Å². The van der Waals surface area contributed by atoms with E-state index in [1.807, 2.05) is 13.8 Å². The number of thioether (sulfide) groups is 1. The standard InChI is InChI=1S/C11H19F3N2OS/c1-10(2)4-3-5-15-8(10)9(17)16-6-7-18-11(12,13)14/h8,15H,3-7H2,1-2H3,(H,16,17). The van der Waals surface area contributed by atoms with Gasteiger partial charge in [-0.05, 0) is 36.6 Å². The number of hydrogen-bond acceptors (Lipinski definition) is 3. The summed E-state index contributed by atoms with van der Waals surface area (Å²) in [5.41, 5.74) is -4.38. The third kappa shape index (κ3) is 5.06. The third-order valence-electron chi connectivity index (χ3n) is 3.06. The number of piperidine rings is 1. The Kier molecular flexibility index (Phi) is 5.33. The molecule has 1 saturated heterocycles. The molecule has 0 radical (unpaired) electrons. The second kappa shape index (κ2) is 6.14. The Morgan fingerprint density at radius 2 is 2.17 bits per heavy atom. The van der Waals surface area contributed by atoms with Gasteiger partial charge in [0.15, 0.2) is 0 Å². The lowest BCUT2D eigenvalue weighted by atomic mass is 9.77. The van der Waals surface area contributed by atoms with Gasteiger partial charge in [-0.1, -0.05) is 13.8 Å². The first-order valence-electron chi connectivity index (χ1n) is 5.94. The lowest BCUT2D eigenvalue weighted by Crippen LogP contribution is -2.55. The highest BCUT2D eigenvalue weighted by molar-refractivity contribution is 8.00. The van der Waals surface area contributed by atoms with Gasteiger partial charge < -0.3 is 10.6 Å². The molecule has 106 valence electrons. The van der Waals surface area contributed by atoms with E-state index >= 15 is 0 Å². The Morgan fingerprint density at radius 1 is 1.50 bits per heavy atom. The Balaban J connectivity index is 2.32. The van der Waals surface area contributed by atoms with Gasteiger partial charge in [0.2, 0.25) is 5.91 Å². The van der Waals surface area contributed by atoms with Gasteiger partial charge in [-0.3, -0.25) is 4.79 Å². The minimum Gasteiger partial charge on any atom is -0.354 e. The van der Waals surface area contributed by atoms with Crippen LogP contribution >= 0.6 is 11.8 Å². The zero-order valence-corrected chi connectivity index (χ0v) is 11.4. The molecule has 2 N–H and O–H groups in total. The third-order valence-corrected chi connectivity index (χ3v) is 3.79. The largest absolute Gasteiger partial charge is 0.441 e. The first-order chi connectivity index (χ1) is 8.22. The minimum absolute atomic E-state index is 0.0390. The summed E-state index contributed by atoms with van der Waals surface area (Å²) in [5.74, 6) is -0.356. The van der Waals surface area contributed by atoms with Crippen LogP contribution in [0.2, 0.25) is 0 Å². The normalized spacial score (nSPS) is 23.7. The van der Waals surface area contributed by atoms with Gasteiger partial charge in [-0.15, -0.1) is 0 Å². The Morgan fingerprint density at radius 3 is 2.72 bits per heavy atom. The van der Waals surface area contributed by atoms with Crippen molar-refractivity contribution in [2.45, 2.75) is 38.2 Å². The molecule has 18 heavy (non-hydrogen) atoms. The van der Waals surface area contributed by atoms with Crippen LogP contribution in [0.3, 0.4) is 0 Å².